The highest BCUT2D eigenvalue weighted by Gasteiger charge is 2.32. The normalized spacial score (nSPS) is 15.8. The number of carbonyl (C=O) groups excluding carboxylic acids is 2. The number of fused-ring (bicyclic) bond motifs is 1. The first-order chi connectivity index (χ1) is 16.0. The molecule has 2 heterocycles. The van der Waals surface area contributed by atoms with E-state index in [4.69, 9.17) is 5.73 Å². The van der Waals surface area contributed by atoms with Gasteiger partial charge in [-0.2, -0.15) is 10.2 Å². The number of primary amides is 1. The van der Waals surface area contributed by atoms with Crippen LogP contribution in [0.15, 0.2) is 42.7 Å². The van der Waals surface area contributed by atoms with Crippen LogP contribution in [0.5, 0.6) is 0 Å². The van der Waals surface area contributed by atoms with Crippen LogP contribution in [0.1, 0.15) is 52.6 Å². The van der Waals surface area contributed by atoms with Crippen molar-refractivity contribution in [2.45, 2.75) is 37.8 Å². The Kier molecular flexibility index (Phi) is 6.56. The van der Waals surface area contributed by atoms with Crippen molar-refractivity contribution in [1.82, 2.24) is 24.5 Å². The molecule has 0 bridgehead atoms. The van der Waals surface area contributed by atoms with Gasteiger partial charge in [0.25, 0.3) is 5.91 Å². The van der Waals surface area contributed by atoms with Gasteiger partial charge >= 0.3 is 0 Å². The number of aliphatic hydroxyl groups excluding tert-OH is 1. The Bertz CT molecular complexity index is 1200. The molecule has 2 amide bonds. The van der Waals surface area contributed by atoms with Crippen molar-refractivity contribution in [2.24, 2.45) is 5.73 Å². The highest BCUT2D eigenvalue weighted by atomic mass is 16.3. The van der Waals surface area contributed by atoms with Crippen LogP contribution in [0.2, 0.25) is 0 Å². The molecule has 33 heavy (non-hydrogen) atoms. The number of aliphatic hydroxyl groups is 1. The Hall–Kier alpha value is -3.90. The highest BCUT2D eigenvalue weighted by molar-refractivity contribution is 5.93. The highest BCUT2D eigenvalue weighted by Crippen LogP contribution is 2.36. The summed E-state index contributed by atoms with van der Waals surface area (Å²) < 4.78 is 3.62. The van der Waals surface area contributed by atoms with E-state index in [1.165, 1.54) is 4.90 Å². The molecule has 2 atom stereocenters. The maximum absolute atomic E-state index is 12.2. The minimum atomic E-state index is -0.843. The Morgan fingerprint density at radius 1 is 1.42 bits per heavy atom. The molecule has 1 aliphatic carbocycles. The average molecular weight is 447 g/mol. The zero-order valence-electron chi connectivity index (χ0n) is 18.4. The van der Waals surface area contributed by atoms with E-state index in [1.807, 2.05) is 41.2 Å². The van der Waals surface area contributed by atoms with Crippen molar-refractivity contribution in [3.63, 3.8) is 0 Å². The number of aromatic nitrogens is 4. The number of hydrogen-bond donors (Lipinski definition) is 2. The number of nitrogens with two attached hydrogens (primary N) is 1. The van der Waals surface area contributed by atoms with Crippen LogP contribution in [0.4, 0.5) is 0 Å². The molecule has 0 fully saturated rings. The zero-order valence-corrected chi connectivity index (χ0v) is 18.4. The SMILES string of the molecule is CN(C=O)CC[C@@H](O)C#Cc1cccc(-n2nc(C(N)=O)c3c2CCC[C@H]3n2cccn2)c1. The fourth-order valence-corrected chi connectivity index (χ4v) is 4.12. The molecule has 1 aromatic carbocycles. The first-order valence-corrected chi connectivity index (χ1v) is 10.8. The van der Waals surface area contributed by atoms with Gasteiger partial charge in [-0.3, -0.25) is 14.3 Å². The number of rotatable bonds is 7. The number of nitrogens with zero attached hydrogens (tertiary/aromatic N) is 5. The largest absolute Gasteiger partial charge is 0.380 e. The lowest BCUT2D eigenvalue weighted by atomic mass is 9.90. The fourth-order valence-electron chi connectivity index (χ4n) is 4.12. The minimum absolute atomic E-state index is 0.0948. The number of carbonyl (C=O) groups is 2. The summed E-state index contributed by atoms with van der Waals surface area (Å²) in [5.74, 6) is 5.23. The van der Waals surface area contributed by atoms with E-state index in [1.54, 1.807) is 17.9 Å². The van der Waals surface area contributed by atoms with Gasteiger partial charge in [-0.05, 0) is 43.5 Å². The molecule has 3 aromatic rings. The average Bonchev–Trinajstić information content (AvgIpc) is 3.49. The second-order valence-electron chi connectivity index (χ2n) is 8.09. The van der Waals surface area contributed by atoms with Gasteiger partial charge in [0.1, 0.15) is 6.10 Å². The number of benzene rings is 1. The quantitative estimate of drug-likeness (QED) is 0.419. The molecule has 0 saturated carbocycles. The summed E-state index contributed by atoms with van der Waals surface area (Å²) in [6.45, 7) is 0.423. The molecule has 2 aromatic heterocycles. The van der Waals surface area contributed by atoms with Crippen LogP contribution < -0.4 is 5.73 Å². The summed E-state index contributed by atoms with van der Waals surface area (Å²) >= 11 is 0. The maximum atomic E-state index is 12.2. The van der Waals surface area contributed by atoms with Gasteiger partial charge in [-0.25, -0.2) is 4.68 Å². The summed E-state index contributed by atoms with van der Waals surface area (Å²) in [6.07, 6.45) is 6.39. The van der Waals surface area contributed by atoms with Crippen LogP contribution in [0.25, 0.3) is 5.69 Å². The Morgan fingerprint density at radius 3 is 3.00 bits per heavy atom. The Balaban J connectivity index is 1.66. The van der Waals surface area contributed by atoms with E-state index in [0.29, 0.717) is 24.9 Å². The molecule has 1 aliphatic rings. The third-order valence-electron chi connectivity index (χ3n) is 5.73. The van der Waals surface area contributed by atoms with Gasteiger partial charge < -0.3 is 15.7 Å². The van der Waals surface area contributed by atoms with Crippen LogP contribution in [-0.2, 0) is 11.2 Å². The lowest BCUT2D eigenvalue weighted by Gasteiger charge is -2.24. The second-order valence-corrected chi connectivity index (χ2v) is 8.09. The number of hydrogen-bond acceptors (Lipinski definition) is 5. The van der Waals surface area contributed by atoms with Crippen molar-refractivity contribution in [1.29, 1.82) is 0 Å². The van der Waals surface area contributed by atoms with Gasteiger partial charge in [0, 0.05) is 43.5 Å². The molecule has 0 saturated heterocycles. The third-order valence-corrected chi connectivity index (χ3v) is 5.73. The summed E-state index contributed by atoms with van der Waals surface area (Å²) in [4.78, 5) is 24.4. The van der Waals surface area contributed by atoms with Crippen molar-refractivity contribution in [3.05, 3.63) is 65.2 Å². The predicted octanol–water partition coefficient (Wildman–Crippen LogP) is 1.28. The standard InChI is InChI=1S/C24H26N6O3/c1-28(16-31)14-11-19(32)10-9-17-5-2-6-18(15-17)30-21-8-3-7-20(29-13-4-12-26-29)22(21)23(27-30)24(25)33/h2,4-6,12-13,15-16,19-20,32H,3,7-8,11,14H2,1H3,(H2,25,33)/t19-,20+/m0/s1. The molecule has 3 N–H and O–H groups in total. The Labute approximate surface area is 191 Å². The first-order valence-electron chi connectivity index (χ1n) is 10.8. The molecule has 9 nitrogen and oxygen atoms in total. The van der Waals surface area contributed by atoms with Crippen molar-refractivity contribution >= 4 is 12.3 Å². The van der Waals surface area contributed by atoms with Crippen molar-refractivity contribution in [2.75, 3.05) is 13.6 Å². The first kappa shape index (κ1) is 22.3. The maximum Gasteiger partial charge on any atom is 0.269 e. The molecule has 0 aliphatic heterocycles. The van der Waals surface area contributed by atoms with Gasteiger partial charge in [0.05, 0.1) is 17.4 Å². The lowest BCUT2D eigenvalue weighted by Crippen LogP contribution is -2.22. The smallest absolute Gasteiger partial charge is 0.269 e. The molecule has 0 spiro atoms. The fraction of sp³-hybridized carbons (Fsp3) is 0.333. The molecular formula is C24H26N6O3. The zero-order chi connectivity index (χ0) is 23.4. The van der Waals surface area contributed by atoms with E-state index in [0.717, 1.165) is 36.2 Å². The van der Waals surface area contributed by atoms with E-state index in [9.17, 15) is 14.7 Å². The molecule has 0 unspecified atom stereocenters. The van der Waals surface area contributed by atoms with Crippen LogP contribution >= 0.6 is 0 Å². The summed E-state index contributed by atoms with van der Waals surface area (Å²) in [5, 5.41) is 19.0. The third kappa shape index (κ3) is 4.81. The van der Waals surface area contributed by atoms with Crippen molar-refractivity contribution in [3.8, 4) is 17.5 Å². The molecule has 9 heteroatoms. The summed E-state index contributed by atoms with van der Waals surface area (Å²) in [5.41, 5.74) is 9.19. The van der Waals surface area contributed by atoms with E-state index in [2.05, 4.69) is 22.0 Å². The van der Waals surface area contributed by atoms with Gasteiger partial charge in [-0.15, -0.1) is 0 Å². The molecule has 4 rings (SSSR count). The van der Waals surface area contributed by atoms with Crippen molar-refractivity contribution < 1.29 is 14.7 Å². The van der Waals surface area contributed by atoms with E-state index >= 15 is 0 Å². The predicted molar refractivity (Wildman–Crippen MR) is 122 cm³/mol. The summed E-state index contributed by atoms with van der Waals surface area (Å²) in [6, 6.07) is 9.23. The number of amides is 2. The summed E-state index contributed by atoms with van der Waals surface area (Å²) in [7, 11) is 1.65. The van der Waals surface area contributed by atoms with Crippen LogP contribution in [-0.4, -0.2) is 61.6 Å². The van der Waals surface area contributed by atoms with Gasteiger partial charge in [-0.1, -0.05) is 17.9 Å². The van der Waals surface area contributed by atoms with Crippen LogP contribution in [0, 0.1) is 11.8 Å². The molecule has 0 radical (unpaired) electrons. The van der Waals surface area contributed by atoms with Gasteiger partial charge in [0.15, 0.2) is 5.69 Å². The second kappa shape index (κ2) is 9.71. The minimum Gasteiger partial charge on any atom is -0.380 e. The Morgan fingerprint density at radius 2 is 2.27 bits per heavy atom. The monoisotopic (exact) mass is 446 g/mol. The van der Waals surface area contributed by atoms with E-state index < -0.39 is 12.0 Å². The molecule has 170 valence electrons. The van der Waals surface area contributed by atoms with E-state index in [-0.39, 0.29) is 11.7 Å². The van der Waals surface area contributed by atoms with Gasteiger partial charge in [0.2, 0.25) is 6.41 Å². The topological polar surface area (TPSA) is 119 Å². The van der Waals surface area contributed by atoms with Crippen LogP contribution in [0.3, 0.4) is 0 Å². The molecular weight excluding hydrogens is 420 g/mol. The lowest BCUT2D eigenvalue weighted by molar-refractivity contribution is -0.117.